The van der Waals surface area contributed by atoms with Crippen LogP contribution in [0.3, 0.4) is 0 Å². The number of unbranched alkanes of at least 4 members (excludes halogenated alkanes) is 1. The molecule has 1 aromatic carbocycles. The number of fused-ring (bicyclic) bond motifs is 1. The fraction of sp³-hybridized carbons (Fsp3) is 0.400. The maximum Gasteiger partial charge on any atom is 0.190 e. The molecule has 0 fully saturated rings. The third-order valence-electron chi connectivity index (χ3n) is 5.93. The number of ketones is 2. The van der Waals surface area contributed by atoms with Crippen molar-refractivity contribution in [1.82, 2.24) is 0 Å². The summed E-state index contributed by atoms with van der Waals surface area (Å²) in [5.74, 6) is -0.0304. The lowest BCUT2D eigenvalue weighted by Gasteiger charge is -2.18. The molecule has 0 saturated carbocycles. The summed E-state index contributed by atoms with van der Waals surface area (Å²) < 4.78 is 0. The quantitative estimate of drug-likeness (QED) is 0.260. The Hall–Kier alpha value is -2.74. The van der Waals surface area contributed by atoms with Crippen LogP contribution in [0, 0.1) is 0 Å². The first-order chi connectivity index (χ1) is 15.3. The molecule has 1 aliphatic rings. The van der Waals surface area contributed by atoms with Crippen molar-refractivity contribution >= 4 is 11.6 Å². The average Bonchev–Trinajstić information content (AvgIpc) is 2.76. The standard InChI is InChI=1S/C30H38O2/c1-22(2)14-9-7-6-8-10-15-23(3)16-13-17-24(4)20-21-26-25(5)29(31)27-18-11-12-19-28(27)30(26)32/h6,8,11-12,14,16,18-20H,7,9-10,13,15,17,21H2,1-5H3/b8-6+,23-16+,24-20+. The second-order valence-electron chi connectivity index (χ2n) is 9.02. The number of Topliss-reactive ketones (excluding diaryl/α,β-unsaturated/α-hetero) is 2. The Balaban J connectivity index is 1.80. The zero-order valence-corrected chi connectivity index (χ0v) is 20.5. The fourth-order valence-corrected chi connectivity index (χ4v) is 3.84. The summed E-state index contributed by atoms with van der Waals surface area (Å²) in [5.41, 5.74) is 6.36. The van der Waals surface area contributed by atoms with Crippen LogP contribution in [0.1, 0.15) is 100 Å². The van der Waals surface area contributed by atoms with Crippen molar-refractivity contribution in [2.75, 3.05) is 0 Å². The Morgan fingerprint density at radius 2 is 1.31 bits per heavy atom. The van der Waals surface area contributed by atoms with Crippen molar-refractivity contribution in [3.8, 4) is 0 Å². The van der Waals surface area contributed by atoms with Crippen molar-refractivity contribution in [2.45, 2.75) is 79.6 Å². The summed E-state index contributed by atoms with van der Waals surface area (Å²) >= 11 is 0. The van der Waals surface area contributed by atoms with E-state index in [1.54, 1.807) is 19.1 Å². The zero-order valence-electron chi connectivity index (χ0n) is 20.5. The molecule has 0 aromatic heterocycles. The molecular formula is C30H38O2. The Bertz CT molecular complexity index is 976. The summed E-state index contributed by atoms with van der Waals surface area (Å²) in [6, 6.07) is 7.12. The fourth-order valence-electron chi connectivity index (χ4n) is 3.84. The van der Waals surface area contributed by atoms with Gasteiger partial charge in [-0.2, -0.15) is 0 Å². The van der Waals surface area contributed by atoms with E-state index in [2.05, 4.69) is 58.1 Å². The van der Waals surface area contributed by atoms with Gasteiger partial charge >= 0.3 is 0 Å². The van der Waals surface area contributed by atoms with Crippen molar-refractivity contribution in [3.63, 3.8) is 0 Å². The highest BCUT2D eigenvalue weighted by atomic mass is 16.1. The SMILES string of the molecule is CC(C)=CCC/C=C/CC/C(C)=C/CC/C(C)=C/CC1=C(C)C(=O)c2ccccc2C1=O. The van der Waals surface area contributed by atoms with E-state index < -0.39 is 0 Å². The predicted octanol–water partition coefficient (Wildman–Crippen LogP) is 8.53. The maximum atomic E-state index is 12.8. The summed E-state index contributed by atoms with van der Waals surface area (Å²) in [5, 5.41) is 0. The normalized spacial score (nSPS) is 14.9. The Morgan fingerprint density at radius 3 is 2.00 bits per heavy atom. The number of benzene rings is 1. The van der Waals surface area contributed by atoms with Crippen LogP contribution >= 0.6 is 0 Å². The van der Waals surface area contributed by atoms with E-state index >= 15 is 0 Å². The minimum atomic E-state index is -0.0224. The number of hydrogen-bond donors (Lipinski definition) is 0. The molecule has 2 nitrogen and oxygen atoms in total. The van der Waals surface area contributed by atoms with Crippen LogP contribution in [0.25, 0.3) is 0 Å². The second-order valence-corrected chi connectivity index (χ2v) is 9.02. The molecule has 0 bridgehead atoms. The van der Waals surface area contributed by atoms with Gasteiger partial charge in [0.15, 0.2) is 11.6 Å². The Labute approximate surface area is 194 Å². The van der Waals surface area contributed by atoms with Crippen molar-refractivity contribution in [1.29, 1.82) is 0 Å². The van der Waals surface area contributed by atoms with Crippen molar-refractivity contribution in [3.05, 3.63) is 93.6 Å². The monoisotopic (exact) mass is 430 g/mol. The van der Waals surface area contributed by atoms with Gasteiger partial charge in [0.1, 0.15) is 0 Å². The third kappa shape index (κ3) is 7.75. The Kier molecular flexibility index (Phi) is 10.3. The number of carbonyl (C=O) groups excluding carboxylic acids is 2. The van der Waals surface area contributed by atoms with Gasteiger partial charge in [-0.25, -0.2) is 0 Å². The van der Waals surface area contributed by atoms with E-state index in [-0.39, 0.29) is 11.6 Å². The van der Waals surface area contributed by atoms with E-state index in [0.717, 1.165) is 38.5 Å². The highest BCUT2D eigenvalue weighted by Gasteiger charge is 2.28. The minimum Gasteiger partial charge on any atom is -0.289 e. The van der Waals surface area contributed by atoms with Gasteiger partial charge in [-0.15, -0.1) is 0 Å². The summed E-state index contributed by atoms with van der Waals surface area (Å²) in [6.07, 6.45) is 18.2. The summed E-state index contributed by atoms with van der Waals surface area (Å²) in [6.45, 7) is 10.4. The minimum absolute atomic E-state index is 0.00797. The number of rotatable bonds is 11. The van der Waals surface area contributed by atoms with Crippen molar-refractivity contribution in [2.24, 2.45) is 0 Å². The molecular weight excluding hydrogens is 392 g/mol. The van der Waals surface area contributed by atoms with Crippen LogP contribution in [0.5, 0.6) is 0 Å². The first-order valence-electron chi connectivity index (χ1n) is 11.8. The third-order valence-corrected chi connectivity index (χ3v) is 5.93. The average molecular weight is 431 g/mol. The van der Waals surface area contributed by atoms with Crippen LogP contribution in [0.4, 0.5) is 0 Å². The van der Waals surface area contributed by atoms with E-state index in [1.807, 2.05) is 12.1 Å². The molecule has 0 amide bonds. The first kappa shape index (κ1) is 25.5. The molecule has 0 aliphatic heterocycles. The molecule has 170 valence electrons. The van der Waals surface area contributed by atoms with Gasteiger partial charge in [-0.05, 0) is 79.6 Å². The van der Waals surface area contributed by atoms with Crippen LogP contribution in [-0.2, 0) is 0 Å². The van der Waals surface area contributed by atoms with E-state index in [0.29, 0.717) is 28.7 Å². The lowest BCUT2D eigenvalue weighted by molar-refractivity contribution is 0.0973. The van der Waals surface area contributed by atoms with Crippen LogP contribution in [0.15, 0.2) is 82.5 Å². The molecule has 0 heterocycles. The number of allylic oxidation sites excluding steroid dienone is 10. The van der Waals surface area contributed by atoms with Crippen LogP contribution in [-0.4, -0.2) is 11.6 Å². The highest BCUT2D eigenvalue weighted by Crippen LogP contribution is 2.28. The lowest BCUT2D eigenvalue weighted by atomic mass is 9.83. The molecule has 0 unspecified atom stereocenters. The molecule has 0 radical (unpaired) electrons. The lowest BCUT2D eigenvalue weighted by Crippen LogP contribution is -2.20. The van der Waals surface area contributed by atoms with Gasteiger partial charge in [0, 0.05) is 22.3 Å². The highest BCUT2D eigenvalue weighted by molar-refractivity contribution is 6.26. The first-order valence-corrected chi connectivity index (χ1v) is 11.8. The number of carbonyl (C=O) groups is 2. The summed E-state index contributed by atoms with van der Waals surface area (Å²) in [4.78, 5) is 25.4. The van der Waals surface area contributed by atoms with Gasteiger partial charge in [-0.1, -0.05) is 71.4 Å². The van der Waals surface area contributed by atoms with Gasteiger partial charge in [0.2, 0.25) is 0 Å². The van der Waals surface area contributed by atoms with Gasteiger partial charge in [0.25, 0.3) is 0 Å². The molecule has 0 N–H and O–H groups in total. The molecule has 2 heteroatoms. The van der Waals surface area contributed by atoms with Crippen LogP contribution < -0.4 is 0 Å². The smallest absolute Gasteiger partial charge is 0.190 e. The van der Waals surface area contributed by atoms with E-state index in [1.165, 1.54) is 16.7 Å². The molecule has 32 heavy (non-hydrogen) atoms. The molecule has 2 rings (SSSR count). The topological polar surface area (TPSA) is 34.1 Å². The molecule has 1 aromatic rings. The predicted molar refractivity (Wildman–Crippen MR) is 136 cm³/mol. The van der Waals surface area contributed by atoms with E-state index in [4.69, 9.17) is 0 Å². The van der Waals surface area contributed by atoms with Crippen LogP contribution in [0.2, 0.25) is 0 Å². The van der Waals surface area contributed by atoms with E-state index in [9.17, 15) is 9.59 Å². The number of hydrogen-bond acceptors (Lipinski definition) is 2. The maximum absolute atomic E-state index is 12.8. The van der Waals surface area contributed by atoms with Gasteiger partial charge in [0.05, 0.1) is 0 Å². The summed E-state index contributed by atoms with van der Waals surface area (Å²) in [7, 11) is 0. The van der Waals surface area contributed by atoms with Gasteiger partial charge in [-0.3, -0.25) is 9.59 Å². The molecule has 0 spiro atoms. The molecule has 0 atom stereocenters. The molecule has 0 saturated heterocycles. The van der Waals surface area contributed by atoms with Crippen molar-refractivity contribution < 1.29 is 9.59 Å². The largest absolute Gasteiger partial charge is 0.289 e. The zero-order chi connectivity index (χ0) is 23.5. The second kappa shape index (κ2) is 13.0. The van der Waals surface area contributed by atoms with Gasteiger partial charge < -0.3 is 0 Å². The Morgan fingerprint density at radius 1 is 0.719 bits per heavy atom. The molecule has 1 aliphatic carbocycles.